The Kier molecular flexibility index (Phi) is 11.7. The summed E-state index contributed by atoms with van der Waals surface area (Å²) >= 11 is 0. The van der Waals surface area contributed by atoms with Crippen molar-refractivity contribution in [2.24, 2.45) is 0 Å². The lowest BCUT2D eigenvalue weighted by molar-refractivity contribution is 0.275. The summed E-state index contributed by atoms with van der Waals surface area (Å²) in [4.78, 5) is 0. The van der Waals surface area contributed by atoms with Gasteiger partial charge in [0.25, 0.3) is 0 Å². The van der Waals surface area contributed by atoms with E-state index in [1.807, 2.05) is 56.3 Å². The van der Waals surface area contributed by atoms with Crippen LogP contribution in [0.25, 0.3) is 17.2 Å². The van der Waals surface area contributed by atoms with Crippen molar-refractivity contribution in [1.29, 1.82) is 0 Å². The second kappa shape index (κ2) is 13.1. The number of alkyl halides is 1. The van der Waals surface area contributed by atoms with E-state index >= 15 is 0 Å². The first kappa shape index (κ1) is 26.8. The van der Waals surface area contributed by atoms with E-state index in [9.17, 15) is 8.78 Å². The summed E-state index contributed by atoms with van der Waals surface area (Å²) in [5.41, 5.74) is 2.74. The van der Waals surface area contributed by atoms with E-state index in [1.165, 1.54) is 25.5 Å². The fraction of sp³-hybridized carbons (Fsp3) is 0.214. The Balaban J connectivity index is 0.000000696. The van der Waals surface area contributed by atoms with Gasteiger partial charge in [0.2, 0.25) is 0 Å². The molecule has 0 spiro atoms. The summed E-state index contributed by atoms with van der Waals surface area (Å²) in [5.74, 6) is -0.353. The van der Waals surface area contributed by atoms with E-state index in [1.54, 1.807) is 25.1 Å². The third-order valence-corrected chi connectivity index (χ3v) is 4.28. The molecule has 2 aromatic rings. The monoisotopic (exact) mass is 406 g/mol. The van der Waals surface area contributed by atoms with Crippen molar-refractivity contribution in [3.8, 4) is 12.8 Å². The van der Waals surface area contributed by atoms with Crippen LogP contribution in [0, 0.1) is 18.7 Å². The lowest BCUT2D eigenvalue weighted by Crippen LogP contribution is -2.16. The van der Waals surface area contributed by atoms with Crippen LogP contribution in [0.2, 0.25) is 0 Å². The summed E-state index contributed by atoms with van der Waals surface area (Å²) in [7, 11) is 0. The van der Waals surface area contributed by atoms with Gasteiger partial charge < -0.3 is 0 Å². The Morgan fingerprint density at radius 2 is 1.60 bits per heavy atom. The van der Waals surface area contributed by atoms with Crippen LogP contribution in [-0.4, -0.2) is 5.67 Å². The molecule has 2 rings (SSSR count). The predicted molar refractivity (Wildman–Crippen MR) is 130 cm³/mol. The molecule has 0 radical (unpaired) electrons. The summed E-state index contributed by atoms with van der Waals surface area (Å²) in [6.45, 7) is 15.8. The van der Waals surface area contributed by atoms with Crippen LogP contribution in [0.15, 0.2) is 79.4 Å². The number of halogens is 2. The SMILES string of the molecule is C#C.C=C(C)c1ccc(/C(C)=C(/C=C\C)C(C)(C)F)c(F)c1.C=Cc1ccccc1. The van der Waals surface area contributed by atoms with Gasteiger partial charge in [-0.15, -0.1) is 12.8 Å². The van der Waals surface area contributed by atoms with Gasteiger partial charge in [0.15, 0.2) is 0 Å². The molecule has 0 unspecified atom stereocenters. The molecule has 0 saturated carbocycles. The fourth-order valence-corrected chi connectivity index (χ4v) is 2.75. The van der Waals surface area contributed by atoms with Gasteiger partial charge in [0.1, 0.15) is 11.5 Å². The lowest BCUT2D eigenvalue weighted by atomic mass is 9.90. The lowest BCUT2D eigenvalue weighted by Gasteiger charge is -2.20. The second-order valence-electron chi connectivity index (χ2n) is 7.10. The summed E-state index contributed by atoms with van der Waals surface area (Å²) < 4.78 is 28.5. The largest absolute Gasteiger partial charge is 0.239 e. The number of hydrogen-bond donors (Lipinski definition) is 0. The third kappa shape index (κ3) is 8.45. The highest BCUT2D eigenvalue weighted by Crippen LogP contribution is 2.32. The van der Waals surface area contributed by atoms with E-state index in [-0.39, 0.29) is 5.82 Å². The molecule has 0 amide bonds. The van der Waals surface area contributed by atoms with Crippen LogP contribution in [0.5, 0.6) is 0 Å². The zero-order valence-electron chi connectivity index (χ0n) is 18.7. The first-order valence-corrected chi connectivity index (χ1v) is 9.61. The van der Waals surface area contributed by atoms with E-state index in [4.69, 9.17) is 0 Å². The summed E-state index contributed by atoms with van der Waals surface area (Å²) in [6, 6.07) is 15.0. The van der Waals surface area contributed by atoms with Gasteiger partial charge in [-0.2, -0.15) is 0 Å². The number of terminal acetylenes is 1. The molecule has 0 aromatic heterocycles. The Bertz CT molecular complexity index is 905. The van der Waals surface area contributed by atoms with Crippen LogP contribution in [0.3, 0.4) is 0 Å². The standard InChI is InChI=1S/C18H22F2.C8H8.C2H2/c1-7-8-16(18(5,6)20)13(4)15-10-9-14(12(2)3)11-17(15)19;1-2-8-6-4-3-5-7-8;1-2/h7-11H,2H2,1,3-6H3;2-7H,1H2;1-2H/b8-7-,16-13-;;. The molecule has 0 heterocycles. The molecule has 0 aliphatic carbocycles. The fourth-order valence-electron chi connectivity index (χ4n) is 2.75. The average molecular weight is 407 g/mol. The van der Waals surface area contributed by atoms with Crippen LogP contribution in [-0.2, 0) is 0 Å². The topological polar surface area (TPSA) is 0 Å². The number of hydrogen-bond acceptors (Lipinski definition) is 0. The number of rotatable bonds is 5. The average Bonchev–Trinajstić information content (AvgIpc) is 2.73. The van der Waals surface area contributed by atoms with Crippen LogP contribution in [0.1, 0.15) is 51.3 Å². The van der Waals surface area contributed by atoms with Gasteiger partial charge >= 0.3 is 0 Å². The van der Waals surface area contributed by atoms with E-state index in [0.717, 1.165) is 11.1 Å². The van der Waals surface area contributed by atoms with Crippen molar-refractivity contribution in [2.45, 2.75) is 40.3 Å². The maximum Gasteiger partial charge on any atom is 0.131 e. The van der Waals surface area contributed by atoms with Gasteiger partial charge in [0, 0.05) is 5.56 Å². The molecule has 0 N–H and O–H groups in total. The summed E-state index contributed by atoms with van der Waals surface area (Å²) in [6.07, 6.45) is 13.3. The van der Waals surface area contributed by atoms with Crippen molar-refractivity contribution in [3.63, 3.8) is 0 Å². The van der Waals surface area contributed by atoms with Gasteiger partial charge in [-0.3, -0.25) is 0 Å². The molecule has 0 aliphatic rings. The Hall–Kier alpha value is -3.18. The van der Waals surface area contributed by atoms with Crippen molar-refractivity contribution >= 4 is 17.2 Å². The first-order valence-electron chi connectivity index (χ1n) is 9.61. The molecular formula is C28H32F2. The van der Waals surface area contributed by atoms with Gasteiger partial charge in [-0.1, -0.05) is 79.4 Å². The Morgan fingerprint density at radius 1 is 1.03 bits per heavy atom. The van der Waals surface area contributed by atoms with Crippen molar-refractivity contribution < 1.29 is 8.78 Å². The number of allylic oxidation sites excluding steroid dienone is 5. The second-order valence-corrected chi connectivity index (χ2v) is 7.10. The minimum absolute atomic E-state index is 0.353. The van der Waals surface area contributed by atoms with E-state index < -0.39 is 5.67 Å². The molecule has 0 aliphatic heterocycles. The maximum absolute atomic E-state index is 14.3. The smallest absolute Gasteiger partial charge is 0.131 e. The van der Waals surface area contributed by atoms with Crippen LogP contribution in [0.4, 0.5) is 8.78 Å². The molecule has 30 heavy (non-hydrogen) atoms. The normalized spacial score (nSPS) is 11.4. The van der Waals surface area contributed by atoms with Crippen molar-refractivity contribution in [3.05, 3.63) is 102 Å². The minimum atomic E-state index is -1.52. The van der Waals surface area contributed by atoms with Crippen molar-refractivity contribution in [2.75, 3.05) is 0 Å². The maximum atomic E-state index is 14.3. The van der Waals surface area contributed by atoms with E-state index in [2.05, 4.69) is 26.0 Å². The Morgan fingerprint density at radius 3 is 1.97 bits per heavy atom. The zero-order chi connectivity index (χ0) is 23.3. The molecular weight excluding hydrogens is 374 g/mol. The highest BCUT2D eigenvalue weighted by Gasteiger charge is 2.23. The third-order valence-electron chi connectivity index (χ3n) is 4.28. The molecule has 0 bridgehead atoms. The highest BCUT2D eigenvalue weighted by molar-refractivity contribution is 5.73. The van der Waals surface area contributed by atoms with Gasteiger partial charge in [0.05, 0.1) is 0 Å². The number of benzene rings is 2. The van der Waals surface area contributed by atoms with Gasteiger partial charge in [-0.25, -0.2) is 8.78 Å². The van der Waals surface area contributed by atoms with E-state index in [0.29, 0.717) is 16.7 Å². The predicted octanol–water partition coefficient (Wildman–Crippen LogP) is 8.54. The first-order chi connectivity index (χ1) is 14.1. The molecule has 0 fully saturated rings. The molecule has 2 aromatic carbocycles. The van der Waals surface area contributed by atoms with Gasteiger partial charge in [-0.05, 0) is 63.0 Å². The zero-order valence-corrected chi connectivity index (χ0v) is 18.7. The summed E-state index contributed by atoms with van der Waals surface area (Å²) in [5, 5.41) is 0. The molecule has 2 heteroatoms. The Labute approximate surface area is 181 Å². The minimum Gasteiger partial charge on any atom is -0.239 e. The molecule has 0 saturated heterocycles. The quantitative estimate of drug-likeness (QED) is 0.345. The highest BCUT2D eigenvalue weighted by atomic mass is 19.1. The molecule has 0 atom stereocenters. The van der Waals surface area contributed by atoms with Crippen LogP contribution >= 0.6 is 0 Å². The molecule has 0 nitrogen and oxygen atoms in total. The van der Waals surface area contributed by atoms with Crippen molar-refractivity contribution in [1.82, 2.24) is 0 Å². The van der Waals surface area contributed by atoms with Crippen LogP contribution < -0.4 is 0 Å². The molecule has 158 valence electrons.